The molecule has 0 amide bonds. The number of hydrogen-bond acceptors (Lipinski definition) is 4. The highest BCUT2D eigenvalue weighted by Crippen LogP contribution is 2.39. The van der Waals surface area contributed by atoms with Gasteiger partial charge in [0.25, 0.3) is 0 Å². The molecule has 18 heavy (non-hydrogen) atoms. The lowest BCUT2D eigenvalue weighted by atomic mass is 9.86. The molecular weight excluding hydrogens is 226 g/mol. The predicted octanol–water partition coefficient (Wildman–Crippen LogP) is 2.19. The number of pyridine rings is 1. The second kappa shape index (κ2) is 5.24. The summed E-state index contributed by atoms with van der Waals surface area (Å²) < 4.78 is 5.97. The van der Waals surface area contributed by atoms with Crippen LogP contribution in [-0.2, 0) is 4.74 Å². The predicted molar refractivity (Wildman–Crippen MR) is 73.4 cm³/mol. The first-order valence-electron chi connectivity index (χ1n) is 6.67. The van der Waals surface area contributed by atoms with Gasteiger partial charge in [0.15, 0.2) is 0 Å². The van der Waals surface area contributed by atoms with Gasteiger partial charge in [0, 0.05) is 18.4 Å². The van der Waals surface area contributed by atoms with E-state index in [0.717, 1.165) is 31.6 Å². The number of nitrogens with one attached hydrogen (secondary N) is 1. The molecule has 2 unspecified atom stereocenters. The van der Waals surface area contributed by atoms with Gasteiger partial charge in [0.05, 0.1) is 11.6 Å². The zero-order chi connectivity index (χ0) is 13.2. The lowest BCUT2D eigenvalue weighted by Gasteiger charge is -2.35. The molecule has 2 atom stereocenters. The van der Waals surface area contributed by atoms with E-state index in [1.165, 1.54) is 5.56 Å². The van der Waals surface area contributed by atoms with E-state index < -0.39 is 0 Å². The maximum absolute atomic E-state index is 6.07. The van der Waals surface area contributed by atoms with E-state index in [1.807, 2.05) is 6.07 Å². The number of aryl methyl sites for hydroxylation is 1. The van der Waals surface area contributed by atoms with Crippen LogP contribution in [0.15, 0.2) is 12.3 Å². The molecule has 1 fully saturated rings. The number of nitrogens with two attached hydrogens (primary N) is 1. The molecule has 1 aliphatic heterocycles. The average molecular weight is 249 g/mol. The minimum Gasteiger partial charge on any atom is -0.383 e. The largest absolute Gasteiger partial charge is 0.383 e. The molecule has 1 aromatic rings. The standard InChI is InChI=1S/C14H23N3O/c1-4-16-12(14(3)7-5-9-18-14)11-10(2)6-8-17-13(11)15/h6,8,12,16H,4-5,7,9H2,1-3H3,(H2,15,17). The Kier molecular flexibility index (Phi) is 3.88. The first-order valence-corrected chi connectivity index (χ1v) is 6.67. The summed E-state index contributed by atoms with van der Waals surface area (Å²) >= 11 is 0. The Hall–Kier alpha value is -1.13. The van der Waals surface area contributed by atoms with Crippen molar-refractivity contribution >= 4 is 5.82 Å². The van der Waals surface area contributed by atoms with E-state index in [1.54, 1.807) is 6.20 Å². The maximum atomic E-state index is 6.07. The summed E-state index contributed by atoms with van der Waals surface area (Å²) in [7, 11) is 0. The van der Waals surface area contributed by atoms with Crippen LogP contribution in [0.1, 0.15) is 43.9 Å². The molecule has 0 spiro atoms. The van der Waals surface area contributed by atoms with Gasteiger partial charge in [-0.05, 0) is 44.9 Å². The van der Waals surface area contributed by atoms with Crippen molar-refractivity contribution in [2.24, 2.45) is 0 Å². The molecule has 100 valence electrons. The number of hydrogen-bond donors (Lipinski definition) is 2. The van der Waals surface area contributed by atoms with Crippen LogP contribution in [-0.4, -0.2) is 23.7 Å². The average Bonchev–Trinajstić information content (AvgIpc) is 2.76. The molecule has 2 rings (SSSR count). The zero-order valence-corrected chi connectivity index (χ0v) is 11.5. The SMILES string of the molecule is CCNC(c1c(C)ccnc1N)C1(C)CCCO1. The lowest BCUT2D eigenvalue weighted by Crippen LogP contribution is -2.42. The van der Waals surface area contributed by atoms with Crippen LogP contribution in [0.25, 0.3) is 0 Å². The number of anilines is 1. The van der Waals surface area contributed by atoms with Crippen LogP contribution in [0.3, 0.4) is 0 Å². The highest BCUT2D eigenvalue weighted by Gasteiger charge is 2.40. The Morgan fingerprint density at radius 3 is 2.94 bits per heavy atom. The minimum absolute atomic E-state index is 0.110. The van der Waals surface area contributed by atoms with Gasteiger partial charge >= 0.3 is 0 Å². The van der Waals surface area contributed by atoms with Gasteiger partial charge in [-0.2, -0.15) is 0 Å². The molecule has 0 aliphatic carbocycles. The smallest absolute Gasteiger partial charge is 0.128 e. The summed E-state index contributed by atoms with van der Waals surface area (Å²) in [6, 6.07) is 2.12. The number of nitrogens with zero attached hydrogens (tertiary/aromatic N) is 1. The molecule has 0 bridgehead atoms. The molecule has 4 nitrogen and oxygen atoms in total. The van der Waals surface area contributed by atoms with Gasteiger partial charge in [-0.15, -0.1) is 0 Å². The summed E-state index contributed by atoms with van der Waals surface area (Å²) in [5.74, 6) is 0.609. The quantitative estimate of drug-likeness (QED) is 0.858. The fourth-order valence-electron chi connectivity index (χ4n) is 2.82. The van der Waals surface area contributed by atoms with Gasteiger partial charge in [0.2, 0.25) is 0 Å². The van der Waals surface area contributed by atoms with Crippen LogP contribution >= 0.6 is 0 Å². The summed E-state index contributed by atoms with van der Waals surface area (Å²) in [5, 5.41) is 3.52. The monoisotopic (exact) mass is 249 g/mol. The molecule has 1 aromatic heterocycles. The first-order chi connectivity index (χ1) is 8.58. The van der Waals surface area contributed by atoms with Crippen LogP contribution in [0.5, 0.6) is 0 Å². The molecule has 1 saturated heterocycles. The van der Waals surface area contributed by atoms with Gasteiger partial charge in [0.1, 0.15) is 5.82 Å². The van der Waals surface area contributed by atoms with Crippen LogP contribution < -0.4 is 11.1 Å². The third-order valence-electron chi connectivity index (χ3n) is 3.80. The fraction of sp³-hybridized carbons (Fsp3) is 0.643. The Labute approximate surface area is 109 Å². The zero-order valence-electron chi connectivity index (χ0n) is 11.5. The van der Waals surface area contributed by atoms with Gasteiger partial charge in [-0.3, -0.25) is 0 Å². The van der Waals surface area contributed by atoms with E-state index in [-0.39, 0.29) is 11.6 Å². The second-order valence-electron chi connectivity index (χ2n) is 5.18. The van der Waals surface area contributed by atoms with Crippen molar-refractivity contribution in [1.29, 1.82) is 0 Å². The van der Waals surface area contributed by atoms with E-state index in [4.69, 9.17) is 10.5 Å². The fourth-order valence-corrected chi connectivity index (χ4v) is 2.82. The summed E-state index contributed by atoms with van der Waals surface area (Å²) in [4.78, 5) is 4.23. The normalized spacial score (nSPS) is 25.3. The van der Waals surface area contributed by atoms with Crippen molar-refractivity contribution in [3.05, 3.63) is 23.4 Å². The van der Waals surface area contributed by atoms with Gasteiger partial charge in [-0.25, -0.2) is 4.98 Å². The number of likely N-dealkylation sites (N-methyl/N-ethyl adjacent to an activating group) is 1. The third kappa shape index (κ3) is 2.35. The summed E-state index contributed by atoms with van der Waals surface area (Å²) in [6.07, 6.45) is 3.92. The van der Waals surface area contributed by atoms with Crippen LogP contribution in [0.2, 0.25) is 0 Å². The van der Waals surface area contributed by atoms with Crippen molar-refractivity contribution in [1.82, 2.24) is 10.3 Å². The van der Waals surface area contributed by atoms with Crippen LogP contribution in [0, 0.1) is 6.92 Å². The van der Waals surface area contributed by atoms with Gasteiger partial charge in [-0.1, -0.05) is 6.92 Å². The minimum atomic E-state index is -0.183. The molecule has 3 N–H and O–H groups in total. The van der Waals surface area contributed by atoms with Crippen molar-refractivity contribution in [2.75, 3.05) is 18.9 Å². The number of nitrogen functional groups attached to an aromatic ring is 1. The first kappa shape index (κ1) is 13.3. The van der Waals surface area contributed by atoms with Gasteiger partial charge < -0.3 is 15.8 Å². The number of rotatable bonds is 4. The Morgan fingerprint density at radius 2 is 2.39 bits per heavy atom. The van der Waals surface area contributed by atoms with Crippen molar-refractivity contribution in [3.8, 4) is 0 Å². The highest BCUT2D eigenvalue weighted by atomic mass is 16.5. The topological polar surface area (TPSA) is 60.2 Å². The molecule has 0 aromatic carbocycles. The van der Waals surface area contributed by atoms with Crippen molar-refractivity contribution < 1.29 is 4.74 Å². The third-order valence-corrected chi connectivity index (χ3v) is 3.80. The molecule has 1 aliphatic rings. The Balaban J connectivity index is 2.41. The van der Waals surface area contributed by atoms with E-state index in [2.05, 4.69) is 31.1 Å². The Morgan fingerprint density at radius 1 is 1.61 bits per heavy atom. The molecule has 0 radical (unpaired) electrons. The van der Waals surface area contributed by atoms with E-state index >= 15 is 0 Å². The second-order valence-corrected chi connectivity index (χ2v) is 5.18. The van der Waals surface area contributed by atoms with Crippen molar-refractivity contribution in [3.63, 3.8) is 0 Å². The van der Waals surface area contributed by atoms with E-state index in [9.17, 15) is 0 Å². The van der Waals surface area contributed by atoms with E-state index in [0.29, 0.717) is 5.82 Å². The maximum Gasteiger partial charge on any atom is 0.128 e. The molecule has 4 heteroatoms. The molecular formula is C14H23N3O. The van der Waals surface area contributed by atoms with Crippen LogP contribution in [0.4, 0.5) is 5.82 Å². The molecule has 2 heterocycles. The lowest BCUT2D eigenvalue weighted by molar-refractivity contribution is -0.0121. The summed E-state index contributed by atoms with van der Waals surface area (Å²) in [6.45, 7) is 8.07. The molecule has 0 saturated carbocycles. The summed E-state index contributed by atoms with van der Waals surface area (Å²) in [5.41, 5.74) is 8.15. The number of aromatic nitrogens is 1. The highest BCUT2D eigenvalue weighted by molar-refractivity contribution is 5.47. The Bertz CT molecular complexity index is 393. The van der Waals surface area contributed by atoms with Crippen molar-refractivity contribution in [2.45, 2.75) is 45.3 Å². The number of ether oxygens (including phenoxy) is 1.